The zero-order chi connectivity index (χ0) is 15.3. The number of likely N-dealkylation sites (N-methyl/N-ethyl adjacent to an activating group) is 1. The molecule has 0 aliphatic carbocycles. The van der Waals surface area contributed by atoms with Gasteiger partial charge in [0.05, 0.1) is 5.92 Å². The van der Waals surface area contributed by atoms with Gasteiger partial charge in [0.25, 0.3) is 0 Å². The first kappa shape index (κ1) is 17.4. The lowest BCUT2D eigenvalue weighted by atomic mass is 9.94. The summed E-state index contributed by atoms with van der Waals surface area (Å²) in [5.74, 6) is 0.287. The summed E-state index contributed by atoms with van der Waals surface area (Å²) in [6.45, 7) is 13.9. The normalized spacial score (nSPS) is 20.1. The van der Waals surface area contributed by atoms with Crippen LogP contribution in [0.2, 0.25) is 0 Å². The lowest BCUT2D eigenvalue weighted by Crippen LogP contribution is -2.58. The standard InChI is InChI=1S/C15H32N4O/c1-12(2)13(10-16)14(20)17-11-15(3,4)19-8-6-18(5)7-9-19/h12-13H,6-11,16H2,1-5H3,(H,17,20). The van der Waals surface area contributed by atoms with Crippen molar-refractivity contribution in [3.63, 3.8) is 0 Å². The second-order valence-electron chi connectivity index (χ2n) is 6.91. The summed E-state index contributed by atoms with van der Waals surface area (Å²) >= 11 is 0. The molecule has 1 atom stereocenters. The van der Waals surface area contributed by atoms with Gasteiger partial charge >= 0.3 is 0 Å². The van der Waals surface area contributed by atoms with Crippen molar-refractivity contribution < 1.29 is 4.79 Å². The van der Waals surface area contributed by atoms with Crippen LogP contribution in [0.5, 0.6) is 0 Å². The smallest absolute Gasteiger partial charge is 0.224 e. The van der Waals surface area contributed by atoms with Gasteiger partial charge in [0.15, 0.2) is 0 Å². The Morgan fingerprint density at radius 1 is 1.25 bits per heavy atom. The number of hydrogen-bond acceptors (Lipinski definition) is 4. The molecule has 0 bridgehead atoms. The van der Waals surface area contributed by atoms with E-state index in [4.69, 9.17) is 5.73 Å². The van der Waals surface area contributed by atoms with E-state index in [0.29, 0.717) is 13.1 Å². The van der Waals surface area contributed by atoms with E-state index < -0.39 is 0 Å². The Hall–Kier alpha value is -0.650. The maximum atomic E-state index is 12.2. The van der Waals surface area contributed by atoms with Crippen molar-refractivity contribution in [1.82, 2.24) is 15.1 Å². The largest absolute Gasteiger partial charge is 0.354 e. The highest BCUT2D eigenvalue weighted by Gasteiger charge is 2.30. The molecule has 118 valence electrons. The Morgan fingerprint density at radius 2 is 1.80 bits per heavy atom. The minimum atomic E-state index is -0.0849. The predicted molar refractivity (Wildman–Crippen MR) is 83.5 cm³/mol. The summed E-state index contributed by atoms with van der Waals surface area (Å²) in [5.41, 5.74) is 5.69. The number of nitrogens with zero attached hydrogens (tertiary/aromatic N) is 2. The van der Waals surface area contributed by atoms with Crippen LogP contribution in [0.15, 0.2) is 0 Å². The number of nitrogens with two attached hydrogens (primary N) is 1. The van der Waals surface area contributed by atoms with Gasteiger partial charge in [0.1, 0.15) is 0 Å². The third-order valence-electron chi connectivity index (χ3n) is 4.45. The van der Waals surface area contributed by atoms with Crippen molar-refractivity contribution >= 4 is 5.91 Å². The fourth-order valence-electron chi connectivity index (χ4n) is 2.64. The molecule has 1 aliphatic heterocycles. The van der Waals surface area contributed by atoms with Crippen LogP contribution in [0.25, 0.3) is 0 Å². The summed E-state index contributed by atoms with van der Waals surface area (Å²) < 4.78 is 0. The number of rotatable bonds is 6. The molecule has 5 nitrogen and oxygen atoms in total. The first-order chi connectivity index (χ1) is 9.27. The number of hydrogen-bond donors (Lipinski definition) is 2. The Bertz CT molecular complexity index is 309. The average Bonchev–Trinajstić information content (AvgIpc) is 2.37. The number of carbonyl (C=O) groups is 1. The molecule has 20 heavy (non-hydrogen) atoms. The topological polar surface area (TPSA) is 61.6 Å². The van der Waals surface area contributed by atoms with Gasteiger partial charge in [-0.05, 0) is 26.8 Å². The Morgan fingerprint density at radius 3 is 2.25 bits per heavy atom. The van der Waals surface area contributed by atoms with Crippen molar-refractivity contribution in [3.05, 3.63) is 0 Å². The van der Waals surface area contributed by atoms with Crippen LogP contribution in [0.4, 0.5) is 0 Å². The third kappa shape index (κ3) is 4.72. The molecule has 0 aromatic heterocycles. The highest BCUT2D eigenvalue weighted by molar-refractivity contribution is 5.79. The first-order valence-electron chi connectivity index (χ1n) is 7.69. The van der Waals surface area contributed by atoms with Gasteiger partial charge in [-0.15, -0.1) is 0 Å². The van der Waals surface area contributed by atoms with Gasteiger partial charge in [0, 0.05) is 44.8 Å². The van der Waals surface area contributed by atoms with Gasteiger partial charge in [-0.25, -0.2) is 0 Å². The van der Waals surface area contributed by atoms with Crippen molar-refractivity contribution in [2.45, 2.75) is 33.2 Å². The average molecular weight is 284 g/mol. The molecule has 1 heterocycles. The van der Waals surface area contributed by atoms with Gasteiger partial charge in [-0.2, -0.15) is 0 Å². The minimum absolute atomic E-state index is 0.00690. The summed E-state index contributed by atoms with van der Waals surface area (Å²) in [7, 11) is 2.15. The molecule has 0 aromatic rings. The molecule has 1 amide bonds. The summed E-state index contributed by atoms with van der Waals surface area (Å²) in [5, 5.41) is 3.09. The molecule has 0 aromatic carbocycles. The molecule has 1 fully saturated rings. The Kier molecular flexibility index (Phi) is 6.43. The van der Waals surface area contributed by atoms with Gasteiger partial charge in [0.2, 0.25) is 5.91 Å². The Labute approximate surface area is 123 Å². The summed E-state index contributed by atoms with van der Waals surface area (Å²) in [4.78, 5) is 17.0. The molecule has 0 spiro atoms. The zero-order valence-corrected chi connectivity index (χ0v) is 13.8. The second kappa shape index (κ2) is 7.38. The quantitative estimate of drug-likeness (QED) is 0.739. The zero-order valence-electron chi connectivity index (χ0n) is 13.8. The van der Waals surface area contributed by atoms with E-state index >= 15 is 0 Å². The van der Waals surface area contributed by atoms with Crippen LogP contribution in [0, 0.1) is 11.8 Å². The molecule has 1 unspecified atom stereocenters. The van der Waals surface area contributed by atoms with E-state index in [9.17, 15) is 4.79 Å². The van der Waals surface area contributed by atoms with Gasteiger partial charge in [-0.3, -0.25) is 9.69 Å². The van der Waals surface area contributed by atoms with Crippen LogP contribution in [-0.4, -0.2) is 67.6 Å². The lowest BCUT2D eigenvalue weighted by molar-refractivity contribution is -0.126. The molecule has 5 heteroatoms. The van der Waals surface area contributed by atoms with E-state index in [0.717, 1.165) is 26.2 Å². The number of amides is 1. The highest BCUT2D eigenvalue weighted by Crippen LogP contribution is 2.16. The molecule has 1 rings (SSSR count). The van der Waals surface area contributed by atoms with Crippen molar-refractivity contribution in [1.29, 1.82) is 0 Å². The number of nitrogens with one attached hydrogen (secondary N) is 1. The van der Waals surface area contributed by atoms with Crippen molar-refractivity contribution in [2.24, 2.45) is 17.6 Å². The van der Waals surface area contributed by atoms with E-state index in [-0.39, 0.29) is 23.3 Å². The van der Waals surface area contributed by atoms with E-state index in [2.05, 4.69) is 36.0 Å². The minimum Gasteiger partial charge on any atom is -0.354 e. The van der Waals surface area contributed by atoms with Crippen LogP contribution in [0.3, 0.4) is 0 Å². The molecule has 0 saturated carbocycles. The molecular weight excluding hydrogens is 252 g/mol. The third-order valence-corrected chi connectivity index (χ3v) is 4.45. The molecule has 1 aliphatic rings. The molecule has 3 N–H and O–H groups in total. The van der Waals surface area contributed by atoms with Crippen LogP contribution in [0.1, 0.15) is 27.7 Å². The molecular formula is C15H32N4O. The SMILES string of the molecule is CC(C)C(CN)C(=O)NCC(C)(C)N1CCN(C)CC1. The maximum Gasteiger partial charge on any atom is 0.224 e. The maximum absolute atomic E-state index is 12.2. The van der Waals surface area contributed by atoms with Gasteiger partial charge < -0.3 is 16.0 Å². The van der Waals surface area contributed by atoms with Crippen molar-refractivity contribution in [3.8, 4) is 0 Å². The van der Waals surface area contributed by atoms with E-state index in [1.807, 2.05) is 13.8 Å². The fourth-order valence-corrected chi connectivity index (χ4v) is 2.64. The predicted octanol–water partition coefficient (Wildman–Crippen LogP) is 0.360. The monoisotopic (exact) mass is 284 g/mol. The number of piperazine rings is 1. The van der Waals surface area contributed by atoms with Gasteiger partial charge in [-0.1, -0.05) is 13.8 Å². The van der Waals surface area contributed by atoms with Crippen molar-refractivity contribution in [2.75, 3.05) is 46.3 Å². The van der Waals surface area contributed by atoms with Crippen LogP contribution in [-0.2, 0) is 4.79 Å². The molecule has 1 saturated heterocycles. The Balaban J connectivity index is 2.48. The lowest BCUT2D eigenvalue weighted by Gasteiger charge is -2.43. The fraction of sp³-hybridized carbons (Fsp3) is 0.933. The number of carbonyl (C=O) groups excluding carboxylic acids is 1. The summed E-state index contributed by atoms with van der Waals surface area (Å²) in [6, 6.07) is 0. The second-order valence-corrected chi connectivity index (χ2v) is 6.91. The van der Waals surface area contributed by atoms with E-state index in [1.165, 1.54) is 0 Å². The summed E-state index contributed by atoms with van der Waals surface area (Å²) in [6.07, 6.45) is 0. The van der Waals surface area contributed by atoms with Crippen LogP contribution >= 0.6 is 0 Å². The first-order valence-corrected chi connectivity index (χ1v) is 7.69. The molecule has 0 radical (unpaired) electrons. The highest BCUT2D eigenvalue weighted by atomic mass is 16.1. The van der Waals surface area contributed by atoms with E-state index in [1.54, 1.807) is 0 Å². The van der Waals surface area contributed by atoms with Crippen LogP contribution < -0.4 is 11.1 Å².